The zero-order valence-electron chi connectivity index (χ0n) is 16.1. The van der Waals surface area contributed by atoms with E-state index in [1.54, 1.807) is 9.58 Å². The minimum Gasteiger partial charge on any atom is -0.492 e. The lowest BCUT2D eigenvalue weighted by atomic mass is 10.2. The first-order valence-corrected chi connectivity index (χ1v) is 10.1. The molecule has 0 aliphatic heterocycles. The van der Waals surface area contributed by atoms with E-state index in [0.29, 0.717) is 17.5 Å². The third-order valence-electron chi connectivity index (χ3n) is 3.98. The molecule has 1 amide bonds. The van der Waals surface area contributed by atoms with E-state index >= 15 is 0 Å². The Bertz CT molecular complexity index is 914. The van der Waals surface area contributed by atoms with Gasteiger partial charge in [0.05, 0.1) is 12.4 Å². The summed E-state index contributed by atoms with van der Waals surface area (Å²) in [5.74, 6) is 0.918. The van der Waals surface area contributed by atoms with Gasteiger partial charge in [0.15, 0.2) is 0 Å². The SMILES string of the molecule is CCOc1ccccc1-n1nnnc1SCC(=O)N(c1ccccc1)C(C)C. The average molecular weight is 398 g/mol. The topological polar surface area (TPSA) is 73.1 Å². The minimum atomic E-state index is -0.00107. The van der Waals surface area contributed by atoms with Gasteiger partial charge in [-0.3, -0.25) is 4.79 Å². The predicted molar refractivity (Wildman–Crippen MR) is 110 cm³/mol. The molecule has 0 radical (unpaired) electrons. The first-order valence-electron chi connectivity index (χ1n) is 9.12. The summed E-state index contributed by atoms with van der Waals surface area (Å²) in [6.07, 6.45) is 0. The number of ether oxygens (including phenoxy) is 1. The first kappa shape index (κ1) is 19.9. The van der Waals surface area contributed by atoms with Crippen LogP contribution in [0.25, 0.3) is 5.69 Å². The summed E-state index contributed by atoms with van der Waals surface area (Å²) in [5.41, 5.74) is 1.62. The highest BCUT2D eigenvalue weighted by Crippen LogP contribution is 2.26. The fourth-order valence-corrected chi connectivity index (χ4v) is 3.59. The second-order valence-electron chi connectivity index (χ2n) is 6.26. The van der Waals surface area contributed by atoms with Crippen LogP contribution in [-0.4, -0.2) is 44.5 Å². The molecule has 7 nitrogen and oxygen atoms in total. The highest BCUT2D eigenvalue weighted by Gasteiger charge is 2.21. The summed E-state index contributed by atoms with van der Waals surface area (Å²) < 4.78 is 7.27. The van der Waals surface area contributed by atoms with Crippen molar-refractivity contribution >= 4 is 23.4 Å². The van der Waals surface area contributed by atoms with E-state index in [1.165, 1.54) is 11.8 Å². The fraction of sp³-hybridized carbons (Fsp3) is 0.300. The van der Waals surface area contributed by atoms with Crippen molar-refractivity contribution in [3.63, 3.8) is 0 Å². The average Bonchev–Trinajstić information content (AvgIpc) is 3.16. The van der Waals surface area contributed by atoms with Crippen LogP contribution in [0.3, 0.4) is 0 Å². The Morgan fingerprint density at radius 3 is 2.57 bits per heavy atom. The number of carbonyl (C=O) groups excluding carboxylic acids is 1. The molecular weight excluding hydrogens is 374 g/mol. The van der Waals surface area contributed by atoms with Gasteiger partial charge in [-0.15, -0.1) is 5.10 Å². The van der Waals surface area contributed by atoms with Gasteiger partial charge in [0.1, 0.15) is 11.4 Å². The van der Waals surface area contributed by atoms with Crippen LogP contribution in [0.4, 0.5) is 5.69 Å². The van der Waals surface area contributed by atoms with Gasteiger partial charge in [0.2, 0.25) is 11.1 Å². The van der Waals surface area contributed by atoms with E-state index in [1.807, 2.05) is 75.4 Å². The molecule has 0 atom stereocenters. The Kier molecular flexibility index (Phi) is 6.65. The van der Waals surface area contributed by atoms with Crippen LogP contribution in [0.2, 0.25) is 0 Å². The van der Waals surface area contributed by atoms with E-state index in [-0.39, 0.29) is 17.7 Å². The van der Waals surface area contributed by atoms with Crippen molar-refractivity contribution in [2.24, 2.45) is 0 Å². The fourth-order valence-electron chi connectivity index (χ4n) is 2.84. The van der Waals surface area contributed by atoms with Crippen LogP contribution in [0, 0.1) is 0 Å². The van der Waals surface area contributed by atoms with Crippen LogP contribution in [-0.2, 0) is 4.79 Å². The Balaban J connectivity index is 1.77. The summed E-state index contributed by atoms with van der Waals surface area (Å²) in [6.45, 7) is 6.46. The van der Waals surface area contributed by atoms with Crippen molar-refractivity contribution in [1.82, 2.24) is 20.2 Å². The van der Waals surface area contributed by atoms with E-state index in [4.69, 9.17) is 4.74 Å². The number of nitrogens with zero attached hydrogens (tertiary/aromatic N) is 5. The number of benzene rings is 2. The Labute approximate surface area is 168 Å². The standard InChI is InChI=1S/C20H23N5O2S/c1-4-27-18-13-9-8-12-17(18)25-20(21-22-23-25)28-14-19(26)24(15(2)3)16-10-6-5-7-11-16/h5-13,15H,4,14H2,1-3H3. The Morgan fingerprint density at radius 2 is 1.86 bits per heavy atom. The van der Waals surface area contributed by atoms with Gasteiger partial charge in [-0.1, -0.05) is 42.1 Å². The molecule has 0 aliphatic carbocycles. The van der Waals surface area contributed by atoms with Crippen LogP contribution in [0.15, 0.2) is 59.8 Å². The molecule has 0 fully saturated rings. The Hall–Kier alpha value is -2.87. The summed E-state index contributed by atoms with van der Waals surface area (Å²) >= 11 is 1.30. The molecule has 2 aromatic carbocycles. The van der Waals surface area contributed by atoms with Crippen molar-refractivity contribution in [1.29, 1.82) is 0 Å². The van der Waals surface area contributed by atoms with Gasteiger partial charge < -0.3 is 9.64 Å². The lowest BCUT2D eigenvalue weighted by Gasteiger charge is -2.26. The molecule has 146 valence electrons. The summed E-state index contributed by atoms with van der Waals surface area (Å²) in [7, 11) is 0. The molecule has 3 aromatic rings. The molecular formula is C20H23N5O2S. The number of aromatic nitrogens is 4. The molecule has 0 saturated carbocycles. The van der Waals surface area contributed by atoms with Crippen molar-refractivity contribution in [3.8, 4) is 11.4 Å². The van der Waals surface area contributed by atoms with Crippen LogP contribution in [0.5, 0.6) is 5.75 Å². The molecule has 3 rings (SSSR count). The molecule has 8 heteroatoms. The largest absolute Gasteiger partial charge is 0.492 e. The number of anilines is 1. The van der Waals surface area contributed by atoms with Crippen molar-refractivity contribution in [2.75, 3.05) is 17.3 Å². The zero-order valence-corrected chi connectivity index (χ0v) is 17.0. The number of tetrazole rings is 1. The minimum absolute atomic E-state index is 0.00107. The van der Waals surface area contributed by atoms with Gasteiger partial charge in [0, 0.05) is 11.7 Å². The highest BCUT2D eigenvalue weighted by molar-refractivity contribution is 7.99. The number of thioether (sulfide) groups is 1. The van der Waals surface area contributed by atoms with Gasteiger partial charge >= 0.3 is 0 Å². The molecule has 1 aromatic heterocycles. The number of para-hydroxylation sites is 3. The first-order chi connectivity index (χ1) is 13.6. The molecule has 0 saturated heterocycles. The second kappa shape index (κ2) is 9.36. The lowest BCUT2D eigenvalue weighted by molar-refractivity contribution is -0.116. The predicted octanol–water partition coefficient (Wildman–Crippen LogP) is 3.59. The van der Waals surface area contributed by atoms with Gasteiger partial charge in [0.25, 0.3) is 0 Å². The molecule has 0 spiro atoms. The Morgan fingerprint density at radius 1 is 1.14 bits per heavy atom. The van der Waals surface area contributed by atoms with Crippen molar-refractivity contribution in [3.05, 3.63) is 54.6 Å². The monoisotopic (exact) mass is 397 g/mol. The lowest BCUT2D eigenvalue weighted by Crippen LogP contribution is -2.38. The van der Waals surface area contributed by atoms with Crippen LogP contribution < -0.4 is 9.64 Å². The molecule has 28 heavy (non-hydrogen) atoms. The third-order valence-corrected chi connectivity index (χ3v) is 4.88. The third kappa shape index (κ3) is 4.51. The van der Waals surface area contributed by atoms with Gasteiger partial charge in [-0.2, -0.15) is 4.68 Å². The van der Waals surface area contributed by atoms with Crippen LogP contribution in [0.1, 0.15) is 20.8 Å². The number of amides is 1. The molecule has 0 unspecified atom stereocenters. The van der Waals surface area contributed by atoms with E-state index in [2.05, 4.69) is 15.5 Å². The number of hydrogen-bond donors (Lipinski definition) is 0. The maximum Gasteiger partial charge on any atom is 0.237 e. The second-order valence-corrected chi connectivity index (χ2v) is 7.20. The smallest absolute Gasteiger partial charge is 0.237 e. The quantitative estimate of drug-likeness (QED) is 0.541. The maximum absolute atomic E-state index is 12.9. The molecule has 1 heterocycles. The van der Waals surface area contributed by atoms with E-state index in [0.717, 1.165) is 11.4 Å². The van der Waals surface area contributed by atoms with Gasteiger partial charge in [-0.05, 0) is 55.5 Å². The number of hydrogen-bond acceptors (Lipinski definition) is 6. The van der Waals surface area contributed by atoms with E-state index in [9.17, 15) is 4.79 Å². The maximum atomic E-state index is 12.9. The number of rotatable bonds is 8. The van der Waals surface area contributed by atoms with Crippen molar-refractivity contribution < 1.29 is 9.53 Å². The molecule has 0 N–H and O–H groups in total. The molecule has 0 aliphatic rings. The molecule has 0 bridgehead atoms. The van der Waals surface area contributed by atoms with Crippen molar-refractivity contribution in [2.45, 2.75) is 32.0 Å². The summed E-state index contributed by atoms with van der Waals surface area (Å²) in [4.78, 5) is 14.7. The van der Waals surface area contributed by atoms with Crippen LogP contribution >= 0.6 is 11.8 Å². The normalized spacial score (nSPS) is 10.9. The van der Waals surface area contributed by atoms with E-state index < -0.39 is 0 Å². The number of carbonyl (C=O) groups is 1. The zero-order chi connectivity index (χ0) is 19.9. The summed E-state index contributed by atoms with van der Waals surface area (Å²) in [6, 6.07) is 17.3. The highest BCUT2D eigenvalue weighted by atomic mass is 32.2. The summed E-state index contributed by atoms with van der Waals surface area (Å²) in [5, 5.41) is 12.5. The van der Waals surface area contributed by atoms with Gasteiger partial charge in [-0.25, -0.2) is 0 Å².